The molecule has 19 heavy (non-hydrogen) atoms. The lowest BCUT2D eigenvalue weighted by atomic mass is 10.1. The van der Waals surface area contributed by atoms with Crippen molar-refractivity contribution in [1.82, 2.24) is 0 Å². The first-order valence-corrected chi connectivity index (χ1v) is 6.73. The second-order valence-electron chi connectivity index (χ2n) is 4.32. The Balaban J connectivity index is 2.08. The molecule has 2 nitrogen and oxygen atoms in total. The van der Waals surface area contributed by atoms with Crippen molar-refractivity contribution in [1.29, 1.82) is 0 Å². The minimum absolute atomic E-state index is 0.207. The van der Waals surface area contributed by atoms with Crippen LogP contribution in [0.25, 0.3) is 0 Å². The average molecular weight is 274 g/mol. The first kappa shape index (κ1) is 13.6. The highest BCUT2D eigenvalue weighted by atomic mass is 35.5. The van der Waals surface area contributed by atoms with E-state index in [0.717, 1.165) is 17.7 Å². The van der Waals surface area contributed by atoms with E-state index in [9.17, 15) is 4.79 Å². The van der Waals surface area contributed by atoms with Crippen molar-refractivity contribution < 1.29 is 4.79 Å². The van der Waals surface area contributed by atoms with Gasteiger partial charge in [0.05, 0.1) is 0 Å². The van der Waals surface area contributed by atoms with Crippen molar-refractivity contribution in [3.05, 3.63) is 65.7 Å². The van der Waals surface area contributed by atoms with Gasteiger partial charge in [-0.2, -0.15) is 0 Å². The largest absolute Gasteiger partial charge is 0.325 e. The Labute approximate surface area is 118 Å². The predicted octanol–water partition coefficient (Wildman–Crippen LogP) is 4.17. The third-order valence-corrected chi connectivity index (χ3v) is 3.38. The van der Waals surface area contributed by atoms with Gasteiger partial charge in [-0.1, -0.05) is 49.4 Å². The zero-order valence-corrected chi connectivity index (χ0v) is 11.5. The van der Waals surface area contributed by atoms with E-state index in [1.807, 2.05) is 54.6 Å². The molecule has 98 valence electrons. The molecule has 1 amide bonds. The molecular formula is C16H16ClNO. The van der Waals surface area contributed by atoms with E-state index in [1.165, 1.54) is 5.56 Å². The lowest BCUT2D eigenvalue weighted by Gasteiger charge is -2.11. The quantitative estimate of drug-likeness (QED) is 0.833. The Kier molecular flexibility index (Phi) is 4.58. The smallest absolute Gasteiger partial charge is 0.246 e. The van der Waals surface area contributed by atoms with Crippen LogP contribution in [0.15, 0.2) is 54.6 Å². The van der Waals surface area contributed by atoms with Gasteiger partial charge in [0, 0.05) is 5.69 Å². The van der Waals surface area contributed by atoms with E-state index >= 15 is 0 Å². The Morgan fingerprint density at radius 2 is 1.89 bits per heavy atom. The van der Waals surface area contributed by atoms with Gasteiger partial charge in [0.2, 0.25) is 5.91 Å². The highest BCUT2D eigenvalue weighted by Crippen LogP contribution is 2.22. The van der Waals surface area contributed by atoms with Crippen LogP contribution in [0.3, 0.4) is 0 Å². The van der Waals surface area contributed by atoms with Crippen molar-refractivity contribution in [2.75, 3.05) is 5.32 Å². The van der Waals surface area contributed by atoms with Gasteiger partial charge in [-0.15, -0.1) is 11.6 Å². The molecule has 0 fully saturated rings. The molecule has 0 saturated carbocycles. The van der Waals surface area contributed by atoms with Crippen LogP contribution in [0.5, 0.6) is 0 Å². The molecule has 1 unspecified atom stereocenters. The summed E-state index contributed by atoms with van der Waals surface area (Å²) in [4.78, 5) is 12.1. The van der Waals surface area contributed by atoms with Crippen LogP contribution in [-0.4, -0.2) is 5.91 Å². The number of aryl methyl sites for hydroxylation is 1. The molecule has 2 aromatic rings. The molecule has 0 aliphatic carbocycles. The average Bonchev–Trinajstić information content (AvgIpc) is 2.47. The summed E-state index contributed by atoms with van der Waals surface area (Å²) in [5.74, 6) is -0.207. The first-order valence-electron chi connectivity index (χ1n) is 6.29. The Morgan fingerprint density at radius 1 is 1.16 bits per heavy atom. The number of alkyl halides is 1. The maximum absolute atomic E-state index is 12.1. The maximum Gasteiger partial charge on any atom is 0.246 e. The number of anilines is 1. The van der Waals surface area contributed by atoms with Crippen molar-refractivity contribution in [2.24, 2.45) is 0 Å². The molecule has 0 aliphatic heterocycles. The minimum Gasteiger partial charge on any atom is -0.325 e. The zero-order chi connectivity index (χ0) is 13.7. The van der Waals surface area contributed by atoms with Crippen molar-refractivity contribution in [2.45, 2.75) is 18.7 Å². The van der Waals surface area contributed by atoms with E-state index in [-0.39, 0.29) is 5.91 Å². The maximum atomic E-state index is 12.1. The number of carbonyl (C=O) groups excluding carboxylic acids is 1. The molecule has 0 heterocycles. The lowest BCUT2D eigenvalue weighted by Crippen LogP contribution is -2.17. The standard InChI is InChI=1S/C16H16ClNO/c1-2-12-7-6-10-14(11-12)18-16(19)15(17)13-8-4-3-5-9-13/h3-11,15H,2H2,1H3,(H,18,19). The van der Waals surface area contributed by atoms with Crippen LogP contribution in [0, 0.1) is 0 Å². The molecule has 3 heteroatoms. The van der Waals surface area contributed by atoms with Gasteiger partial charge in [-0.25, -0.2) is 0 Å². The molecule has 0 saturated heterocycles. The summed E-state index contributed by atoms with van der Waals surface area (Å²) in [7, 11) is 0. The van der Waals surface area contributed by atoms with Gasteiger partial charge in [0.25, 0.3) is 0 Å². The summed E-state index contributed by atoms with van der Waals surface area (Å²) in [6.45, 7) is 2.08. The number of carbonyl (C=O) groups is 1. The highest BCUT2D eigenvalue weighted by molar-refractivity contribution is 6.32. The molecule has 0 spiro atoms. The molecule has 1 atom stereocenters. The summed E-state index contributed by atoms with van der Waals surface area (Å²) in [6.07, 6.45) is 0.937. The normalized spacial score (nSPS) is 11.9. The van der Waals surface area contributed by atoms with Gasteiger partial charge in [-0.3, -0.25) is 4.79 Å². The summed E-state index contributed by atoms with van der Waals surface area (Å²) < 4.78 is 0. The van der Waals surface area contributed by atoms with Crippen LogP contribution in [-0.2, 0) is 11.2 Å². The van der Waals surface area contributed by atoms with E-state index < -0.39 is 5.38 Å². The summed E-state index contributed by atoms with van der Waals surface area (Å²) >= 11 is 6.17. The van der Waals surface area contributed by atoms with Gasteiger partial charge in [-0.05, 0) is 29.7 Å². The van der Waals surface area contributed by atoms with Gasteiger partial charge >= 0.3 is 0 Å². The topological polar surface area (TPSA) is 29.1 Å². The first-order chi connectivity index (χ1) is 9.20. The SMILES string of the molecule is CCc1cccc(NC(=O)C(Cl)c2ccccc2)c1. The summed E-state index contributed by atoms with van der Waals surface area (Å²) in [5.41, 5.74) is 2.77. The van der Waals surface area contributed by atoms with Crippen LogP contribution in [0.2, 0.25) is 0 Å². The molecule has 0 aliphatic rings. The number of benzene rings is 2. The number of halogens is 1. The van der Waals surface area contributed by atoms with Crippen molar-refractivity contribution in [3.63, 3.8) is 0 Å². The van der Waals surface area contributed by atoms with Crippen LogP contribution in [0.1, 0.15) is 23.4 Å². The monoisotopic (exact) mass is 273 g/mol. The fourth-order valence-electron chi connectivity index (χ4n) is 1.85. The van der Waals surface area contributed by atoms with E-state index in [0.29, 0.717) is 0 Å². The van der Waals surface area contributed by atoms with Crippen molar-refractivity contribution in [3.8, 4) is 0 Å². The van der Waals surface area contributed by atoms with Crippen molar-refractivity contribution >= 4 is 23.2 Å². The number of rotatable bonds is 4. The molecule has 2 aromatic carbocycles. The van der Waals surface area contributed by atoms with Crippen LogP contribution in [0.4, 0.5) is 5.69 Å². The molecule has 2 rings (SSSR count). The van der Waals surface area contributed by atoms with E-state index in [1.54, 1.807) is 0 Å². The third-order valence-electron chi connectivity index (χ3n) is 2.93. The second-order valence-corrected chi connectivity index (χ2v) is 4.75. The number of amides is 1. The fraction of sp³-hybridized carbons (Fsp3) is 0.188. The predicted molar refractivity (Wildman–Crippen MR) is 79.5 cm³/mol. The molecule has 1 N–H and O–H groups in total. The number of hydrogen-bond acceptors (Lipinski definition) is 1. The van der Waals surface area contributed by atoms with Gasteiger partial charge in [0.15, 0.2) is 0 Å². The Hall–Kier alpha value is -1.80. The molecular weight excluding hydrogens is 258 g/mol. The molecule has 0 bridgehead atoms. The summed E-state index contributed by atoms with van der Waals surface area (Å²) in [6, 6.07) is 17.1. The fourth-order valence-corrected chi connectivity index (χ4v) is 2.05. The molecule has 0 radical (unpaired) electrons. The van der Waals surface area contributed by atoms with Gasteiger partial charge < -0.3 is 5.32 Å². The Bertz CT molecular complexity index is 554. The lowest BCUT2D eigenvalue weighted by molar-refractivity contribution is -0.116. The van der Waals surface area contributed by atoms with Crippen LogP contribution >= 0.6 is 11.6 Å². The van der Waals surface area contributed by atoms with Gasteiger partial charge in [0.1, 0.15) is 5.38 Å². The van der Waals surface area contributed by atoms with E-state index in [2.05, 4.69) is 12.2 Å². The third kappa shape index (κ3) is 3.58. The minimum atomic E-state index is -0.675. The number of hydrogen-bond donors (Lipinski definition) is 1. The molecule has 0 aromatic heterocycles. The number of nitrogens with one attached hydrogen (secondary N) is 1. The van der Waals surface area contributed by atoms with Crippen LogP contribution < -0.4 is 5.32 Å². The summed E-state index contributed by atoms with van der Waals surface area (Å²) in [5, 5.41) is 2.17. The van der Waals surface area contributed by atoms with E-state index in [4.69, 9.17) is 11.6 Å². The zero-order valence-electron chi connectivity index (χ0n) is 10.8. The Morgan fingerprint density at radius 3 is 2.58 bits per heavy atom. The second kappa shape index (κ2) is 6.39. The highest BCUT2D eigenvalue weighted by Gasteiger charge is 2.17.